The highest BCUT2D eigenvalue weighted by Crippen LogP contribution is 2.12. The molecule has 2 aromatic rings. The number of hydrogen-bond acceptors (Lipinski definition) is 3. The summed E-state index contributed by atoms with van der Waals surface area (Å²) >= 11 is 0. The number of nitrogens with zero attached hydrogens (tertiary/aromatic N) is 2. The highest BCUT2D eigenvalue weighted by atomic mass is 19.1. The van der Waals surface area contributed by atoms with Crippen LogP contribution >= 0.6 is 0 Å². The zero-order chi connectivity index (χ0) is 14.7. The van der Waals surface area contributed by atoms with Gasteiger partial charge in [-0.3, -0.25) is 9.36 Å². The second kappa shape index (κ2) is 5.81. The molecule has 0 aliphatic carbocycles. The second-order valence-corrected chi connectivity index (χ2v) is 4.59. The van der Waals surface area contributed by atoms with Crippen LogP contribution in [0.5, 0.6) is 5.88 Å². The molecule has 4 nitrogen and oxygen atoms in total. The monoisotopic (exact) mass is 280 g/mol. The van der Waals surface area contributed by atoms with Gasteiger partial charge in [-0.1, -0.05) is 0 Å². The average Bonchev–Trinajstić information content (AvgIpc) is 2.37. The van der Waals surface area contributed by atoms with E-state index in [-0.39, 0.29) is 29.7 Å². The molecule has 20 heavy (non-hydrogen) atoms. The minimum atomic E-state index is -0.694. The molecule has 0 fully saturated rings. The van der Waals surface area contributed by atoms with Crippen LogP contribution in [0.2, 0.25) is 0 Å². The Morgan fingerprint density at radius 3 is 2.65 bits per heavy atom. The molecular weight excluding hydrogens is 266 g/mol. The number of benzene rings is 1. The van der Waals surface area contributed by atoms with E-state index in [9.17, 15) is 13.6 Å². The molecule has 0 saturated carbocycles. The predicted octanol–water partition coefficient (Wildman–Crippen LogP) is 2.68. The molecule has 106 valence electrons. The van der Waals surface area contributed by atoms with Crippen molar-refractivity contribution in [1.82, 2.24) is 9.55 Å². The first kappa shape index (κ1) is 14.2. The molecule has 0 atom stereocenters. The largest absolute Gasteiger partial charge is 0.473 e. The first-order chi connectivity index (χ1) is 9.47. The second-order valence-electron chi connectivity index (χ2n) is 4.59. The molecule has 2 rings (SSSR count). The van der Waals surface area contributed by atoms with Crippen LogP contribution in [0, 0.1) is 11.6 Å². The van der Waals surface area contributed by atoms with Gasteiger partial charge < -0.3 is 4.74 Å². The van der Waals surface area contributed by atoms with Crippen LogP contribution in [-0.4, -0.2) is 9.55 Å². The third-order valence-corrected chi connectivity index (χ3v) is 2.76. The van der Waals surface area contributed by atoms with E-state index >= 15 is 0 Å². The van der Waals surface area contributed by atoms with Crippen LogP contribution in [0.4, 0.5) is 8.78 Å². The summed E-state index contributed by atoms with van der Waals surface area (Å²) in [6, 6.07) is 4.45. The van der Waals surface area contributed by atoms with Crippen molar-refractivity contribution >= 4 is 0 Å². The van der Waals surface area contributed by atoms with Gasteiger partial charge in [0.05, 0.1) is 6.07 Å². The van der Waals surface area contributed by atoms with E-state index in [1.807, 2.05) is 13.8 Å². The van der Waals surface area contributed by atoms with E-state index in [2.05, 4.69) is 4.98 Å². The number of rotatable bonds is 4. The Hall–Kier alpha value is -2.24. The molecule has 0 aliphatic heterocycles. The van der Waals surface area contributed by atoms with E-state index in [1.54, 1.807) is 0 Å². The number of aromatic nitrogens is 2. The molecule has 0 saturated heterocycles. The van der Waals surface area contributed by atoms with E-state index in [0.29, 0.717) is 0 Å². The van der Waals surface area contributed by atoms with Crippen molar-refractivity contribution in [2.75, 3.05) is 0 Å². The highest BCUT2D eigenvalue weighted by molar-refractivity contribution is 5.18. The van der Waals surface area contributed by atoms with Crippen LogP contribution in [0.15, 0.2) is 35.4 Å². The first-order valence-electron chi connectivity index (χ1n) is 6.12. The maximum absolute atomic E-state index is 13.4. The molecular formula is C14H14F2N2O2. The smallest absolute Gasteiger partial charge is 0.257 e. The predicted molar refractivity (Wildman–Crippen MR) is 69.6 cm³/mol. The normalized spacial score (nSPS) is 10.8. The Bertz CT molecular complexity index is 668. The molecule has 1 aromatic heterocycles. The maximum Gasteiger partial charge on any atom is 0.257 e. The maximum atomic E-state index is 13.4. The van der Waals surface area contributed by atoms with Crippen LogP contribution in [-0.2, 0) is 6.61 Å². The molecule has 0 amide bonds. The third-order valence-electron chi connectivity index (χ3n) is 2.76. The Morgan fingerprint density at radius 1 is 1.30 bits per heavy atom. The summed E-state index contributed by atoms with van der Waals surface area (Å²) in [7, 11) is 0. The average molecular weight is 280 g/mol. The van der Waals surface area contributed by atoms with Gasteiger partial charge in [-0.25, -0.2) is 13.8 Å². The van der Waals surface area contributed by atoms with Crippen molar-refractivity contribution in [3.05, 3.63) is 58.1 Å². The van der Waals surface area contributed by atoms with Crippen molar-refractivity contribution in [2.45, 2.75) is 26.5 Å². The fraction of sp³-hybridized carbons (Fsp3) is 0.286. The summed E-state index contributed by atoms with van der Waals surface area (Å²) in [5.41, 5.74) is -0.0502. The van der Waals surface area contributed by atoms with Crippen LogP contribution < -0.4 is 10.3 Å². The molecule has 0 N–H and O–H groups in total. The van der Waals surface area contributed by atoms with Crippen LogP contribution in [0.1, 0.15) is 25.5 Å². The fourth-order valence-corrected chi connectivity index (χ4v) is 1.65. The van der Waals surface area contributed by atoms with Crippen LogP contribution in [0.3, 0.4) is 0 Å². The van der Waals surface area contributed by atoms with Gasteiger partial charge in [0.2, 0.25) is 5.88 Å². The van der Waals surface area contributed by atoms with Gasteiger partial charge in [-0.15, -0.1) is 0 Å². The van der Waals surface area contributed by atoms with E-state index in [4.69, 9.17) is 4.74 Å². The number of hydrogen-bond donors (Lipinski definition) is 0. The lowest BCUT2D eigenvalue weighted by atomic mass is 10.2. The van der Waals surface area contributed by atoms with Gasteiger partial charge in [0.15, 0.2) is 0 Å². The van der Waals surface area contributed by atoms with E-state index in [0.717, 1.165) is 12.1 Å². The SMILES string of the molecule is CC(C)n1cnc(OCc2ccc(F)cc2F)cc1=O. The van der Waals surface area contributed by atoms with Gasteiger partial charge in [0, 0.05) is 17.7 Å². The molecule has 0 unspecified atom stereocenters. The Balaban J connectivity index is 2.11. The highest BCUT2D eigenvalue weighted by Gasteiger charge is 2.07. The number of ether oxygens (including phenoxy) is 1. The standard InChI is InChI=1S/C14H14F2N2O2/c1-9(2)18-8-17-13(6-14(18)19)20-7-10-3-4-11(15)5-12(10)16/h3-6,8-9H,7H2,1-2H3. The zero-order valence-electron chi connectivity index (χ0n) is 11.1. The summed E-state index contributed by atoms with van der Waals surface area (Å²) in [5, 5.41) is 0. The van der Waals surface area contributed by atoms with E-state index < -0.39 is 11.6 Å². The third kappa shape index (κ3) is 3.20. The molecule has 0 spiro atoms. The quantitative estimate of drug-likeness (QED) is 0.865. The number of halogens is 2. The van der Waals surface area contributed by atoms with Gasteiger partial charge in [0.25, 0.3) is 5.56 Å². The molecule has 6 heteroatoms. The van der Waals surface area contributed by atoms with Crippen LogP contribution in [0.25, 0.3) is 0 Å². The van der Waals surface area contributed by atoms with Gasteiger partial charge >= 0.3 is 0 Å². The Kier molecular flexibility index (Phi) is 4.12. The van der Waals surface area contributed by atoms with Crippen molar-refractivity contribution in [3.63, 3.8) is 0 Å². The van der Waals surface area contributed by atoms with Crippen molar-refractivity contribution in [2.24, 2.45) is 0 Å². The summed E-state index contributed by atoms with van der Waals surface area (Å²) < 4.78 is 32.8. The minimum Gasteiger partial charge on any atom is -0.473 e. The van der Waals surface area contributed by atoms with Crippen molar-refractivity contribution in [1.29, 1.82) is 0 Å². The molecule has 0 radical (unpaired) electrons. The fourth-order valence-electron chi connectivity index (χ4n) is 1.65. The summed E-state index contributed by atoms with van der Waals surface area (Å²) in [5.74, 6) is -1.24. The summed E-state index contributed by atoms with van der Waals surface area (Å²) in [6.45, 7) is 3.60. The lowest BCUT2D eigenvalue weighted by molar-refractivity contribution is 0.285. The molecule has 1 heterocycles. The summed E-state index contributed by atoms with van der Waals surface area (Å²) in [4.78, 5) is 15.7. The lowest BCUT2D eigenvalue weighted by Gasteiger charge is -2.10. The van der Waals surface area contributed by atoms with Crippen molar-refractivity contribution in [3.8, 4) is 5.88 Å². The zero-order valence-corrected chi connectivity index (χ0v) is 11.1. The Morgan fingerprint density at radius 2 is 2.05 bits per heavy atom. The summed E-state index contributed by atoms with van der Waals surface area (Å²) in [6.07, 6.45) is 1.38. The van der Waals surface area contributed by atoms with Crippen molar-refractivity contribution < 1.29 is 13.5 Å². The lowest BCUT2D eigenvalue weighted by Crippen LogP contribution is -2.21. The first-order valence-corrected chi connectivity index (χ1v) is 6.12. The topological polar surface area (TPSA) is 44.1 Å². The van der Waals surface area contributed by atoms with E-state index in [1.165, 1.54) is 23.0 Å². The van der Waals surface area contributed by atoms with Gasteiger partial charge in [-0.05, 0) is 26.0 Å². The van der Waals surface area contributed by atoms with Gasteiger partial charge in [-0.2, -0.15) is 0 Å². The molecule has 0 aliphatic rings. The Labute approximate surface area is 114 Å². The molecule has 0 bridgehead atoms. The van der Waals surface area contributed by atoms with Gasteiger partial charge in [0.1, 0.15) is 24.6 Å². The molecule has 1 aromatic carbocycles. The minimum absolute atomic E-state index is 0.00130.